The molecule has 3 nitrogen and oxygen atoms in total. The first-order valence-electron chi connectivity index (χ1n) is 4.84. The van der Waals surface area contributed by atoms with E-state index in [0.717, 1.165) is 0 Å². The monoisotopic (exact) mass is 233 g/mol. The Labute approximate surface area is 94.7 Å². The summed E-state index contributed by atoms with van der Waals surface area (Å²) < 4.78 is 24.2. The number of pyridine rings is 1. The van der Waals surface area contributed by atoms with Crippen molar-refractivity contribution in [2.75, 3.05) is 0 Å². The van der Waals surface area contributed by atoms with Crippen LogP contribution in [0.3, 0.4) is 0 Å². The highest BCUT2D eigenvalue weighted by Gasteiger charge is 2.18. The van der Waals surface area contributed by atoms with Crippen molar-refractivity contribution in [3.8, 4) is 0 Å². The van der Waals surface area contributed by atoms with Gasteiger partial charge in [0, 0.05) is 5.69 Å². The molecule has 0 N–H and O–H groups in total. The van der Waals surface area contributed by atoms with Gasteiger partial charge >= 0.3 is 0 Å². The predicted molar refractivity (Wildman–Crippen MR) is 60.9 cm³/mol. The molecular formula is C12H11NO2S. The molecule has 0 atom stereocenters. The molecule has 1 aromatic heterocycles. The summed E-state index contributed by atoms with van der Waals surface area (Å²) in [5, 5.41) is 0.0960. The van der Waals surface area contributed by atoms with Crippen LogP contribution in [0.5, 0.6) is 0 Å². The topological polar surface area (TPSA) is 47.0 Å². The fraction of sp³-hybridized carbons (Fsp3) is 0.0833. The number of aryl methyl sites for hydroxylation is 1. The van der Waals surface area contributed by atoms with E-state index in [-0.39, 0.29) is 9.92 Å². The van der Waals surface area contributed by atoms with Crippen LogP contribution >= 0.6 is 0 Å². The summed E-state index contributed by atoms with van der Waals surface area (Å²) in [6.45, 7) is 1.77. The molecule has 0 radical (unpaired) electrons. The summed E-state index contributed by atoms with van der Waals surface area (Å²) in [4.78, 5) is 4.30. The molecular weight excluding hydrogens is 222 g/mol. The van der Waals surface area contributed by atoms with Crippen LogP contribution in [0.2, 0.25) is 0 Å². The van der Waals surface area contributed by atoms with Crippen molar-refractivity contribution in [2.45, 2.75) is 16.8 Å². The Morgan fingerprint density at radius 3 is 2.25 bits per heavy atom. The van der Waals surface area contributed by atoms with Gasteiger partial charge in [-0.05, 0) is 31.2 Å². The molecule has 16 heavy (non-hydrogen) atoms. The quantitative estimate of drug-likeness (QED) is 0.799. The molecule has 0 saturated heterocycles. The second-order valence-corrected chi connectivity index (χ2v) is 5.33. The first kappa shape index (κ1) is 10.8. The Morgan fingerprint density at radius 2 is 1.62 bits per heavy atom. The van der Waals surface area contributed by atoms with Crippen molar-refractivity contribution in [3.63, 3.8) is 0 Å². The lowest BCUT2D eigenvalue weighted by molar-refractivity contribution is 0.592. The molecule has 0 aliphatic rings. The van der Waals surface area contributed by atoms with E-state index in [9.17, 15) is 8.42 Å². The number of sulfone groups is 1. The number of benzene rings is 1. The maximum absolute atomic E-state index is 12.1. The zero-order valence-electron chi connectivity index (χ0n) is 8.79. The van der Waals surface area contributed by atoms with Gasteiger partial charge in [-0.1, -0.05) is 24.3 Å². The molecule has 0 unspecified atom stereocenters. The summed E-state index contributed by atoms with van der Waals surface area (Å²) >= 11 is 0. The minimum atomic E-state index is -3.47. The lowest BCUT2D eigenvalue weighted by Crippen LogP contribution is -2.04. The molecule has 0 amide bonds. The van der Waals surface area contributed by atoms with Gasteiger partial charge in [0.2, 0.25) is 9.84 Å². The highest BCUT2D eigenvalue weighted by molar-refractivity contribution is 7.91. The molecule has 0 fully saturated rings. The molecule has 0 aliphatic heterocycles. The second-order valence-electron chi connectivity index (χ2n) is 3.43. The van der Waals surface area contributed by atoms with E-state index < -0.39 is 9.84 Å². The van der Waals surface area contributed by atoms with Crippen LogP contribution in [0.1, 0.15) is 5.69 Å². The van der Waals surface area contributed by atoms with Crippen LogP contribution < -0.4 is 0 Å². The number of hydrogen-bond acceptors (Lipinski definition) is 3. The van der Waals surface area contributed by atoms with Crippen molar-refractivity contribution >= 4 is 9.84 Å². The van der Waals surface area contributed by atoms with Crippen LogP contribution in [0, 0.1) is 6.92 Å². The molecule has 0 saturated carbocycles. The van der Waals surface area contributed by atoms with Gasteiger partial charge in [-0.2, -0.15) is 0 Å². The van der Waals surface area contributed by atoms with Gasteiger partial charge in [-0.25, -0.2) is 13.4 Å². The molecule has 0 spiro atoms. The van der Waals surface area contributed by atoms with E-state index in [4.69, 9.17) is 0 Å². The van der Waals surface area contributed by atoms with Crippen molar-refractivity contribution < 1.29 is 8.42 Å². The number of hydrogen-bond donors (Lipinski definition) is 0. The third kappa shape index (κ3) is 1.97. The van der Waals surface area contributed by atoms with E-state index >= 15 is 0 Å². The van der Waals surface area contributed by atoms with Crippen LogP contribution in [0.15, 0.2) is 58.5 Å². The zero-order valence-corrected chi connectivity index (χ0v) is 9.61. The van der Waals surface area contributed by atoms with Crippen molar-refractivity contribution in [1.82, 2.24) is 4.98 Å². The second kappa shape index (κ2) is 4.06. The molecule has 4 heteroatoms. The Hall–Kier alpha value is -1.68. The third-order valence-corrected chi connectivity index (χ3v) is 3.86. The van der Waals surface area contributed by atoms with E-state index in [1.165, 1.54) is 6.07 Å². The van der Waals surface area contributed by atoms with E-state index in [1.807, 2.05) is 0 Å². The zero-order chi connectivity index (χ0) is 11.6. The maximum Gasteiger partial charge on any atom is 0.223 e. The summed E-state index contributed by atoms with van der Waals surface area (Å²) in [6, 6.07) is 13.3. The summed E-state index contributed by atoms with van der Waals surface area (Å²) in [5.74, 6) is 0. The van der Waals surface area contributed by atoms with Crippen molar-refractivity contribution in [1.29, 1.82) is 0 Å². The van der Waals surface area contributed by atoms with Gasteiger partial charge in [0.25, 0.3) is 0 Å². The highest BCUT2D eigenvalue weighted by atomic mass is 32.2. The number of aromatic nitrogens is 1. The van der Waals surface area contributed by atoms with Gasteiger partial charge in [0.15, 0.2) is 5.03 Å². The van der Waals surface area contributed by atoms with Crippen LogP contribution in [-0.2, 0) is 9.84 Å². The Balaban J connectivity index is 2.56. The van der Waals surface area contributed by atoms with Gasteiger partial charge in [-0.3, -0.25) is 0 Å². The molecule has 0 aliphatic carbocycles. The first-order valence-corrected chi connectivity index (χ1v) is 6.33. The third-order valence-electron chi connectivity index (χ3n) is 2.19. The molecule has 1 heterocycles. The van der Waals surface area contributed by atoms with Gasteiger partial charge < -0.3 is 0 Å². The number of rotatable bonds is 2. The van der Waals surface area contributed by atoms with Gasteiger partial charge in [0.1, 0.15) is 0 Å². The average molecular weight is 233 g/mol. The Morgan fingerprint density at radius 1 is 0.938 bits per heavy atom. The maximum atomic E-state index is 12.1. The molecule has 82 valence electrons. The van der Waals surface area contributed by atoms with E-state index in [1.54, 1.807) is 49.4 Å². The van der Waals surface area contributed by atoms with Crippen molar-refractivity contribution in [3.05, 3.63) is 54.2 Å². The summed E-state index contributed by atoms with van der Waals surface area (Å²) in [7, 11) is -3.47. The van der Waals surface area contributed by atoms with E-state index in [2.05, 4.69) is 4.98 Å². The van der Waals surface area contributed by atoms with Crippen LogP contribution in [0.4, 0.5) is 0 Å². The molecule has 2 aromatic rings. The first-order chi connectivity index (χ1) is 7.60. The lowest BCUT2D eigenvalue weighted by Gasteiger charge is -2.03. The minimum absolute atomic E-state index is 0.0960. The Kier molecular flexibility index (Phi) is 2.75. The van der Waals surface area contributed by atoms with Crippen LogP contribution in [-0.4, -0.2) is 13.4 Å². The van der Waals surface area contributed by atoms with E-state index in [0.29, 0.717) is 5.69 Å². The van der Waals surface area contributed by atoms with Gasteiger partial charge in [0.05, 0.1) is 4.90 Å². The Bertz CT molecular complexity index is 591. The SMILES string of the molecule is Cc1cccc(S(=O)(=O)c2ccccc2)n1. The standard InChI is InChI=1S/C12H11NO2S/c1-10-6-5-9-12(13-10)16(14,15)11-7-3-2-4-8-11/h2-9H,1H3. The summed E-state index contributed by atoms with van der Waals surface area (Å²) in [5.41, 5.74) is 0.692. The highest BCUT2D eigenvalue weighted by Crippen LogP contribution is 2.18. The molecule has 1 aromatic carbocycles. The largest absolute Gasteiger partial charge is 0.241 e. The average Bonchev–Trinajstić information content (AvgIpc) is 2.30. The van der Waals surface area contributed by atoms with Crippen LogP contribution in [0.25, 0.3) is 0 Å². The fourth-order valence-electron chi connectivity index (χ4n) is 1.39. The minimum Gasteiger partial charge on any atom is -0.241 e. The summed E-state index contributed by atoms with van der Waals surface area (Å²) in [6.07, 6.45) is 0. The normalized spacial score (nSPS) is 11.3. The fourth-order valence-corrected chi connectivity index (χ4v) is 2.67. The predicted octanol–water partition coefficient (Wildman–Crippen LogP) is 2.22. The van der Waals surface area contributed by atoms with Gasteiger partial charge in [-0.15, -0.1) is 0 Å². The number of nitrogens with zero attached hydrogens (tertiary/aromatic N) is 1. The molecule has 2 rings (SSSR count). The molecule has 0 bridgehead atoms. The lowest BCUT2D eigenvalue weighted by atomic mass is 10.4. The smallest absolute Gasteiger partial charge is 0.223 e. The van der Waals surface area contributed by atoms with Crippen molar-refractivity contribution in [2.24, 2.45) is 0 Å².